The molecule has 1 rings (SSSR count). The molecular formula is C10H7ClF2N2O2. The highest BCUT2D eigenvalue weighted by Crippen LogP contribution is 2.28. The Labute approximate surface area is 101 Å². The molecule has 0 spiro atoms. The Kier molecular flexibility index (Phi) is 4.35. The molecule has 1 heterocycles. The fraction of sp³-hybridized carbons (Fsp3) is 0.300. The van der Waals surface area contributed by atoms with Crippen LogP contribution in [0.25, 0.3) is 0 Å². The number of carbonyl (C=O) groups is 1. The third kappa shape index (κ3) is 2.50. The molecule has 1 aromatic heterocycles. The van der Waals surface area contributed by atoms with Crippen molar-refractivity contribution >= 4 is 17.6 Å². The zero-order valence-electron chi connectivity index (χ0n) is 8.71. The number of nitriles is 1. The summed E-state index contributed by atoms with van der Waals surface area (Å²) in [5.74, 6) is -1.24. The SMILES string of the molecule is COC(=O)c1c(C#N)ncc(C(F)F)c1CCl. The van der Waals surface area contributed by atoms with Crippen molar-refractivity contribution in [2.24, 2.45) is 0 Å². The molecule has 0 radical (unpaired) electrons. The van der Waals surface area contributed by atoms with Crippen LogP contribution in [0.1, 0.15) is 33.6 Å². The molecule has 0 saturated carbocycles. The zero-order chi connectivity index (χ0) is 13.0. The summed E-state index contributed by atoms with van der Waals surface area (Å²) in [6.07, 6.45) is -1.99. The minimum Gasteiger partial charge on any atom is -0.465 e. The second kappa shape index (κ2) is 5.55. The summed E-state index contributed by atoms with van der Waals surface area (Å²) in [5, 5.41) is 8.76. The molecular weight excluding hydrogens is 254 g/mol. The van der Waals surface area contributed by atoms with Crippen LogP contribution >= 0.6 is 11.6 Å². The van der Waals surface area contributed by atoms with E-state index in [-0.39, 0.29) is 22.7 Å². The number of methoxy groups -OCH3 is 1. The minimum absolute atomic E-state index is 0.125. The predicted molar refractivity (Wildman–Crippen MR) is 54.8 cm³/mol. The van der Waals surface area contributed by atoms with E-state index in [0.29, 0.717) is 0 Å². The lowest BCUT2D eigenvalue weighted by atomic mass is 10.0. The normalized spacial score (nSPS) is 10.1. The number of hydrogen-bond acceptors (Lipinski definition) is 4. The van der Waals surface area contributed by atoms with E-state index in [1.807, 2.05) is 0 Å². The minimum atomic E-state index is -2.83. The maximum Gasteiger partial charge on any atom is 0.341 e. The van der Waals surface area contributed by atoms with E-state index in [1.54, 1.807) is 6.07 Å². The van der Waals surface area contributed by atoms with Crippen LogP contribution in [0.5, 0.6) is 0 Å². The van der Waals surface area contributed by atoms with Crippen LogP contribution in [-0.4, -0.2) is 18.1 Å². The Morgan fingerprint density at radius 3 is 2.76 bits per heavy atom. The third-order valence-electron chi connectivity index (χ3n) is 2.08. The van der Waals surface area contributed by atoms with Gasteiger partial charge in [0.1, 0.15) is 11.6 Å². The van der Waals surface area contributed by atoms with E-state index in [4.69, 9.17) is 16.9 Å². The van der Waals surface area contributed by atoms with Crippen LogP contribution in [0.15, 0.2) is 6.20 Å². The summed E-state index contributed by atoms with van der Waals surface area (Å²) in [6, 6.07) is 1.64. The Balaban J connectivity index is 3.56. The average molecular weight is 261 g/mol. The Morgan fingerprint density at radius 2 is 2.35 bits per heavy atom. The smallest absolute Gasteiger partial charge is 0.341 e. The lowest BCUT2D eigenvalue weighted by Crippen LogP contribution is -2.12. The maximum atomic E-state index is 12.7. The monoisotopic (exact) mass is 260 g/mol. The van der Waals surface area contributed by atoms with E-state index in [1.165, 1.54) is 0 Å². The molecule has 0 fully saturated rings. The van der Waals surface area contributed by atoms with E-state index in [0.717, 1.165) is 13.3 Å². The number of alkyl halides is 3. The average Bonchev–Trinajstić information content (AvgIpc) is 2.35. The molecule has 4 nitrogen and oxygen atoms in total. The number of esters is 1. The van der Waals surface area contributed by atoms with E-state index >= 15 is 0 Å². The van der Waals surface area contributed by atoms with Gasteiger partial charge in [0, 0.05) is 17.6 Å². The number of carbonyl (C=O) groups excluding carboxylic acids is 1. The van der Waals surface area contributed by atoms with Gasteiger partial charge in [-0.25, -0.2) is 18.6 Å². The van der Waals surface area contributed by atoms with Crippen LogP contribution in [0.2, 0.25) is 0 Å². The molecule has 1 aromatic rings. The number of ether oxygens (including phenoxy) is 1. The highest BCUT2D eigenvalue weighted by Gasteiger charge is 2.24. The quantitative estimate of drug-likeness (QED) is 0.618. The lowest BCUT2D eigenvalue weighted by molar-refractivity contribution is 0.0598. The van der Waals surface area contributed by atoms with Crippen LogP contribution < -0.4 is 0 Å². The van der Waals surface area contributed by atoms with Crippen molar-refractivity contribution in [2.75, 3.05) is 7.11 Å². The number of halogens is 3. The summed E-state index contributed by atoms with van der Waals surface area (Å²) in [5.41, 5.74) is -1.18. The van der Waals surface area contributed by atoms with Crippen molar-refractivity contribution in [3.63, 3.8) is 0 Å². The zero-order valence-corrected chi connectivity index (χ0v) is 9.46. The largest absolute Gasteiger partial charge is 0.465 e. The van der Waals surface area contributed by atoms with Crippen molar-refractivity contribution in [3.8, 4) is 6.07 Å². The first-order chi connectivity index (χ1) is 8.06. The molecule has 7 heteroatoms. The highest BCUT2D eigenvalue weighted by atomic mass is 35.5. The van der Waals surface area contributed by atoms with Crippen molar-refractivity contribution < 1.29 is 18.3 Å². The molecule has 0 aliphatic heterocycles. The Hall–Kier alpha value is -1.74. The molecule has 0 aromatic carbocycles. The van der Waals surface area contributed by atoms with Crippen LogP contribution in [-0.2, 0) is 10.6 Å². The van der Waals surface area contributed by atoms with Gasteiger partial charge in [-0.3, -0.25) is 0 Å². The van der Waals surface area contributed by atoms with E-state index in [9.17, 15) is 13.6 Å². The van der Waals surface area contributed by atoms with Crippen LogP contribution in [0, 0.1) is 11.3 Å². The first-order valence-corrected chi connectivity index (χ1v) is 4.94. The molecule has 0 amide bonds. The fourth-order valence-corrected chi connectivity index (χ4v) is 1.59. The van der Waals surface area contributed by atoms with Crippen LogP contribution in [0.3, 0.4) is 0 Å². The van der Waals surface area contributed by atoms with E-state index < -0.39 is 18.0 Å². The van der Waals surface area contributed by atoms with Gasteiger partial charge in [0.05, 0.1) is 7.11 Å². The molecule has 0 aliphatic rings. The van der Waals surface area contributed by atoms with Gasteiger partial charge in [-0.05, 0) is 5.56 Å². The van der Waals surface area contributed by atoms with Crippen LogP contribution in [0.4, 0.5) is 8.78 Å². The van der Waals surface area contributed by atoms with E-state index in [2.05, 4.69) is 9.72 Å². The first-order valence-electron chi connectivity index (χ1n) is 4.41. The summed E-state index contributed by atoms with van der Waals surface area (Å²) in [4.78, 5) is 14.9. The molecule has 0 atom stereocenters. The molecule has 0 N–H and O–H groups in total. The number of nitrogens with zero attached hydrogens (tertiary/aromatic N) is 2. The molecule has 17 heavy (non-hydrogen) atoms. The van der Waals surface area contributed by atoms with Gasteiger partial charge in [-0.1, -0.05) is 0 Å². The summed E-state index contributed by atoms with van der Waals surface area (Å²) >= 11 is 5.53. The van der Waals surface area contributed by atoms with Gasteiger partial charge in [0.2, 0.25) is 0 Å². The number of pyridine rings is 1. The summed E-state index contributed by atoms with van der Waals surface area (Å²) in [6.45, 7) is 0. The first kappa shape index (κ1) is 13.3. The second-order valence-corrected chi connectivity index (χ2v) is 3.22. The topological polar surface area (TPSA) is 63.0 Å². The molecule has 0 bridgehead atoms. The van der Waals surface area contributed by atoms with Crippen molar-refractivity contribution in [1.82, 2.24) is 4.98 Å². The number of aromatic nitrogens is 1. The van der Waals surface area contributed by atoms with Gasteiger partial charge < -0.3 is 4.74 Å². The molecule has 0 aliphatic carbocycles. The number of rotatable bonds is 3. The van der Waals surface area contributed by atoms with Gasteiger partial charge in [-0.15, -0.1) is 11.6 Å². The van der Waals surface area contributed by atoms with Crippen molar-refractivity contribution in [2.45, 2.75) is 12.3 Å². The van der Waals surface area contributed by atoms with Crippen molar-refractivity contribution in [1.29, 1.82) is 5.26 Å². The number of hydrogen-bond donors (Lipinski definition) is 0. The van der Waals surface area contributed by atoms with Gasteiger partial charge >= 0.3 is 5.97 Å². The standard InChI is InChI=1S/C10H7ClF2N2O2/c1-17-10(16)8-5(2-11)6(9(12)13)4-15-7(8)3-14/h4,9H,2H2,1H3. The summed E-state index contributed by atoms with van der Waals surface area (Å²) < 4.78 is 29.8. The maximum absolute atomic E-state index is 12.7. The van der Waals surface area contributed by atoms with Gasteiger partial charge in [0.25, 0.3) is 6.43 Å². The summed E-state index contributed by atoms with van der Waals surface area (Å²) in [7, 11) is 1.08. The Bertz CT molecular complexity index is 486. The fourth-order valence-electron chi connectivity index (χ4n) is 1.30. The Morgan fingerprint density at radius 1 is 1.71 bits per heavy atom. The van der Waals surface area contributed by atoms with Crippen molar-refractivity contribution in [3.05, 3.63) is 28.6 Å². The molecule has 90 valence electrons. The third-order valence-corrected chi connectivity index (χ3v) is 2.35. The van der Waals surface area contributed by atoms with Gasteiger partial charge in [0.15, 0.2) is 5.69 Å². The lowest BCUT2D eigenvalue weighted by Gasteiger charge is -2.11. The van der Waals surface area contributed by atoms with Gasteiger partial charge in [-0.2, -0.15) is 5.26 Å². The predicted octanol–water partition coefficient (Wildman–Crippen LogP) is 2.42. The second-order valence-electron chi connectivity index (χ2n) is 2.95. The highest BCUT2D eigenvalue weighted by molar-refractivity contribution is 6.18. The molecule has 0 unspecified atom stereocenters. The molecule has 0 saturated heterocycles.